The number of hydrogen-bond donors (Lipinski definition) is 0. The van der Waals surface area contributed by atoms with Crippen LogP contribution in [0.15, 0.2) is 24.3 Å². The Kier molecular flexibility index (Phi) is 4.99. The quantitative estimate of drug-likeness (QED) is 0.743. The summed E-state index contributed by atoms with van der Waals surface area (Å²) < 4.78 is 4.46. The highest BCUT2D eigenvalue weighted by Crippen LogP contribution is 2.11. The number of hydrogen-bond acceptors (Lipinski definition) is 3. The molecule has 0 N–H and O–H groups in total. The maximum Gasteiger partial charge on any atom is 0.305 e. The van der Waals surface area contributed by atoms with Crippen molar-refractivity contribution in [2.75, 3.05) is 7.11 Å². The van der Waals surface area contributed by atoms with E-state index in [9.17, 15) is 9.59 Å². The first kappa shape index (κ1) is 12.7. The highest BCUT2D eigenvalue weighted by molar-refractivity contribution is 6.30. The summed E-state index contributed by atoms with van der Waals surface area (Å²) in [4.78, 5) is 22.3. The molecule has 0 aliphatic carbocycles. The monoisotopic (exact) mass is 240 g/mol. The average Bonchev–Trinajstić information content (AvgIpc) is 2.29. The zero-order chi connectivity index (χ0) is 12.0. The van der Waals surface area contributed by atoms with Crippen molar-refractivity contribution in [2.45, 2.75) is 19.3 Å². The molecule has 1 rings (SSSR count). The van der Waals surface area contributed by atoms with Crippen LogP contribution >= 0.6 is 11.6 Å². The Balaban J connectivity index is 2.40. The number of rotatable bonds is 5. The zero-order valence-corrected chi connectivity index (χ0v) is 9.79. The molecule has 86 valence electrons. The summed E-state index contributed by atoms with van der Waals surface area (Å²) in [5, 5.41) is 0.644. The van der Waals surface area contributed by atoms with Crippen LogP contribution in [0.5, 0.6) is 0 Å². The molecule has 0 radical (unpaired) electrons. The van der Waals surface area contributed by atoms with E-state index in [4.69, 9.17) is 11.6 Å². The third-order valence-corrected chi connectivity index (χ3v) is 2.40. The number of halogens is 1. The third-order valence-electron chi connectivity index (χ3n) is 2.15. The minimum absolute atomic E-state index is 0.0210. The summed E-state index contributed by atoms with van der Waals surface area (Å²) in [5.74, 6) is -0.336. The molecular formula is C12H13ClO3. The van der Waals surface area contributed by atoms with E-state index in [0.717, 1.165) is 5.56 Å². The van der Waals surface area contributed by atoms with Crippen LogP contribution in [0.25, 0.3) is 0 Å². The van der Waals surface area contributed by atoms with Gasteiger partial charge in [0, 0.05) is 17.9 Å². The molecule has 0 unspecified atom stereocenters. The van der Waals surface area contributed by atoms with Crippen molar-refractivity contribution in [3.05, 3.63) is 34.9 Å². The molecule has 3 nitrogen and oxygen atoms in total. The van der Waals surface area contributed by atoms with Crippen LogP contribution in [0.4, 0.5) is 0 Å². The summed E-state index contributed by atoms with van der Waals surface area (Å²) >= 11 is 5.72. The van der Waals surface area contributed by atoms with Crippen LogP contribution in [0, 0.1) is 0 Å². The normalized spacial score (nSPS) is 9.88. The molecule has 0 bridgehead atoms. The Morgan fingerprint density at radius 1 is 1.19 bits per heavy atom. The minimum atomic E-state index is -0.357. The van der Waals surface area contributed by atoms with Crippen molar-refractivity contribution in [2.24, 2.45) is 0 Å². The van der Waals surface area contributed by atoms with E-state index in [1.807, 2.05) is 0 Å². The molecule has 0 saturated carbocycles. The second-order valence-electron chi connectivity index (χ2n) is 3.42. The van der Waals surface area contributed by atoms with Crippen LogP contribution in [-0.2, 0) is 20.7 Å². The highest BCUT2D eigenvalue weighted by Gasteiger charge is 2.07. The molecule has 0 fully saturated rings. The second-order valence-corrected chi connectivity index (χ2v) is 3.85. The fourth-order valence-corrected chi connectivity index (χ4v) is 1.39. The van der Waals surface area contributed by atoms with E-state index < -0.39 is 0 Å². The Morgan fingerprint density at radius 3 is 2.38 bits per heavy atom. The van der Waals surface area contributed by atoms with Gasteiger partial charge in [-0.3, -0.25) is 9.59 Å². The van der Waals surface area contributed by atoms with Gasteiger partial charge in [0.2, 0.25) is 0 Å². The Bertz CT molecular complexity index is 370. The fourth-order valence-electron chi connectivity index (χ4n) is 1.26. The second kappa shape index (κ2) is 6.28. The van der Waals surface area contributed by atoms with Crippen molar-refractivity contribution in [3.63, 3.8) is 0 Å². The van der Waals surface area contributed by atoms with Gasteiger partial charge in [0.05, 0.1) is 13.5 Å². The van der Waals surface area contributed by atoms with Crippen molar-refractivity contribution < 1.29 is 14.3 Å². The van der Waals surface area contributed by atoms with Crippen LogP contribution < -0.4 is 0 Å². The molecule has 0 atom stereocenters. The molecule has 0 aliphatic heterocycles. The van der Waals surface area contributed by atoms with E-state index in [-0.39, 0.29) is 24.6 Å². The van der Waals surface area contributed by atoms with Gasteiger partial charge in [-0.05, 0) is 17.7 Å². The molecule has 1 aromatic rings. The predicted molar refractivity (Wildman–Crippen MR) is 61.4 cm³/mol. The number of methoxy groups -OCH3 is 1. The van der Waals surface area contributed by atoms with Crippen molar-refractivity contribution in [1.82, 2.24) is 0 Å². The predicted octanol–water partition coefficient (Wildman–Crippen LogP) is 2.40. The Hall–Kier alpha value is -1.35. The van der Waals surface area contributed by atoms with E-state index >= 15 is 0 Å². The van der Waals surface area contributed by atoms with Gasteiger partial charge in [-0.25, -0.2) is 0 Å². The number of carbonyl (C=O) groups excluding carboxylic acids is 2. The highest BCUT2D eigenvalue weighted by atomic mass is 35.5. The summed E-state index contributed by atoms with van der Waals surface area (Å²) in [6, 6.07) is 7.09. The van der Waals surface area contributed by atoms with Crippen LogP contribution in [0.3, 0.4) is 0 Å². The molecule has 0 amide bonds. The zero-order valence-electron chi connectivity index (χ0n) is 9.03. The average molecular weight is 241 g/mol. The van der Waals surface area contributed by atoms with Crippen LogP contribution in [0.2, 0.25) is 5.02 Å². The topological polar surface area (TPSA) is 43.4 Å². The van der Waals surface area contributed by atoms with Crippen LogP contribution in [-0.4, -0.2) is 18.9 Å². The number of ketones is 1. The summed E-state index contributed by atoms with van der Waals surface area (Å²) in [7, 11) is 1.31. The fraction of sp³-hybridized carbons (Fsp3) is 0.333. The van der Waals surface area contributed by atoms with Gasteiger partial charge in [-0.15, -0.1) is 0 Å². The SMILES string of the molecule is COC(=O)CCC(=O)Cc1ccc(Cl)cc1. The lowest BCUT2D eigenvalue weighted by Crippen LogP contribution is -2.07. The van der Waals surface area contributed by atoms with E-state index in [1.54, 1.807) is 24.3 Å². The van der Waals surface area contributed by atoms with Crippen molar-refractivity contribution in [3.8, 4) is 0 Å². The number of ether oxygens (including phenoxy) is 1. The Labute approximate surface area is 99.4 Å². The van der Waals surface area contributed by atoms with Crippen molar-refractivity contribution in [1.29, 1.82) is 0 Å². The first-order chi connectivity index (χ1) is 7.61. The van der Waals surface area contributed by atoms with Gasteiger partial charge in [0.15, 0.2) is 0 Å². The van der Waals surface area contributed by atoms with Crippen LogP contribution in [0.1, 0.15) is 18.4 Å². The summed E-state index contributed by atoms with van der Waals surface area (Å²) in [6.45, 7) is 0. The smallest absolute Gasteiger partial charge is 0.305 e. The molecule has 0 heterocycles. The van der Waals surface area contributed by atoms with Gasteiger partial charge >= 0.3 is 5.97 Å². The number of carbonyl (C=O) groups is 2. The molecule has 0 aromatic heterocycles. The maximum absolute atomic E-state index is 11.5. The lowest BCUT2D eigenvalue weighted by Gasteiger charge is -2.01. The number of Topliss-reactive ketones (excluding diaryl/α,β-unsaturated/α-hetero) is 1. The lowest BCUT2D eigenvalue weighted by molar-refractivity contribution is -0.141. The first-order valence-electron chi connectivity index (χ1n) is 4.95. The van der Waals surface area contributed by atoms with Gasteiger partial charge < -0.3 is 4.74 Å². The maximum atomic E-state index is 11.5. The molecule has 16 heavy (non-hydrogen) atoms. The third kappa shape index (κ3) is 4.45. The van der Waals surface area contributed by atoms with Gasteiger partial charge in [-0.1, -0.05) is 23.7 Å². The number of benzene rings is 1. The Morgan fingerprint density at radius 2 is 1.81 bits per heavy atom. The van der Waals surface area contributed by atoms with Gasteiger partial charge in [0.1, 0.15) is 5.78 Å². The van der Waals surface area contributed by atoms with E-state index in [2.05, 4.69) is 4.74 Å². The van der Waals surface area contributed by atoms with Crippen molar-refractivity contribution >= 4 is 23.4 Å². The van der Waals surface area contributed by atoms with E-state index in [0.29, 0.717) is 11.4 Å². The largest absolute Gasteiger partial charge is 0.469 e. The van der Waals surface area contributed by atoms with Gasteiger partial charge in [-0.2, -0.15) is 0 Å². The molecule has 4 heteroatoms. The number of esters is 1. The van der Waals surface area contributed by atoms with E-state index in [1.165, 1.54) is 7.11 Å². The molecule has 1 aromatic carbocycles. The molecular weight excluding hydrogens is 228 g/mol. The lowest BCUT2D eigenvalue weighted by atomic mass is 10.1. The van der Waals surface area contributed by atoms with Gasteiger partial charge in [0.25, 0.3) is 0 Å². The molecule has 0 spiro atoms. The molecule has 0 aliphatic rings. The minimum Gasteiger partial charge on any atom is -0.469 e. The summed E-state index contributed by atoms with van der Waals surface area (Å²) in [6.07, 6.45) is 0.687. The standard InChI is InChI=1S/C12H13ClO3/c1-16-12(15)7-6-11(14)8-9-2-4-10(13)5-3-9/h2-5H,6-8H2,1H3. The summed E-state index contributed by atoms with van der Waals surface area (Å²) in [5.41, 5.74) is 0.902. The first-order valence-corrected chi connectivity index (χ1v) is 5.32. The molecule has 0 saturated heterocycles.